The van der Waals surface area contributed by atoms with Crippen molar-refractivity contribution in [3.63, 3.8) is 0 Å². The van der Waals surface area contributed by atoms with E-state index in [-0.39, 0.29) is 13.2 Å². The van der Waals surface area contributed by atoms with Crippen molar-refractivity contribution in [2.45, 2.75) is 52.0 Å². The molecular weight excluding hydrogens is 308 g/mol. The fourth-order valence-electron chi connectivity index (χ4n) is 2.03. The first kappa shape index (κ1) is 20.7. The molecule has 0 unspecified atom stereocenters. The zero-order valence-corrected chi connectivity index (χ0v) is 15.3. The lowest BCUT2D eigenvalue weighted by Gasteiger charge is -2.15. The van der Waals surface area contributed by atoms with E-state index in [9.17, 15) is 10.2 Å². The first-order valence-electron chi connectivity index (χ1n) is 8.75. The molecule has 0 aliphatic rings. The van der Waals surface area contributed by atoms with Crippen molar-refractivity contribution in [2.24, 2.45) is 0 Å². The summed E-state index contributed by atoms with van der Waals surface area (Å²) in [4.78, 5) is 0. The van der Waals surface area contributed by atoms with E-state index in [0.717, 1.165) is 0 Å². The summed E-state index contributed by atoms with van der Waals surface area (Å²) in [5, 5.41) is 23.9. The molecule has 1 rings (SSSR count). The van der Waals surface area contributed by atoms with Gasteiger partial charge in [0, 0.05) is 6.07 Å². The molecule has 0 amide bonds. The van der Waals surface area contributed by atoms with Crippen LogP contribution in [-0.2, 0) is 0 Å². The molecule has 0 heterocycles. The van der Waals surface area contributed by atoms with E-state index in [0.29, 0.717) is 36.7 Å². The maximum Gasteiger partial charge on any atom is 0.137 e. The summed E-state index contributed by atoms with van der Waals surface area (Å²) in [6, 6.07) is 8.18. The second-order valence-electron chi connectivity index (χ2n) is 6.84. The van der Waals surface area contributed by atoms with Gasteiger partial charge in [0.1, 0.15) is 50.0 Å². The highest BCUT2D eigenvalue weighted by Crippen LogP contribution is 2.19. The molecule has 6 nitrogen and oxygen atoms in total. The molecule has 0 radical (unpaired) electrons. The number of rotatable bonds is 12. The molecule has 1 aromatic carbocycles. The summed E-state index contributed by atoms with van der Waals surface area (Å²) in [6.07, 6.45) is -1.02. The topological polar surface area (TPSA) is 92.1 Å². The lowest BCUT2D eigenvalue weighted by molar-refractivity contribution is -0.688. The van der Waals surface area contributed by atoms with Gasteiger partial charge in [0.15, 0.2) is 0 Å². The summed E-state index contributed by atoms with van der Waals surface area (Å²) in [5.41, 5.74) is 0. The van der Waals surface area contributed by atoms with Gasteiger partial charge in [-0.25, -0.2) is 0 Å². The summed E-state index contributed by atoms with van der Waals surface area (Å²) < 4.78 is 11.2. The number of hydrogen-bond acceptors (Lipinski definition) is 4. The van der Waals surface area contributed by atoms with Gasteiger partial charge in [0.05, 0.1) is 12.1 Å². The van der Waals surface area contributed by atoms with Crippen LogP contribution in [0, 0.1) is 0 Å². The van der Waals surface area contributed by atoms with Gasteiger partial charge in [-0.15, -0.1) is 0 Å². The van der Waals surface area contributed by atoms with Gasteiger partial charge in [-0.2, -0.15) is 0 Å². The highest BCUT2D eigenvalue weighted by Gasteiger charge is 2.11. The van der Waals surface area contributed by atoms with Gasteiger partial charge in [-0.05, 0) is 39.8 Å². The first-order chi connectivity index (χ1) is 11.4. The van der Waals surface area contributed by atoms with E-state index in [2.05, 4.69) is 38.3 Å². The standard InChI is InChI=1S/C18H32N2O4/c1-13(2)19-9-15(21)11-23-17-6-5-7-18(8-17)24-12-16(22)10-20-14(3)4/h5-8,13-16,19-22H,9-12H2,1-4H3/p+2/t15-,16-/m0/s1. The first-order valence-corrected chi connectivity index (χ1v) is 8.75. The van der Waals surface area contributed by atoms with Crippen LogP contribution < -0.4 is 20.1 Å². The number of benzene rings is 1. The van der Waals surface area contributed by atoms with Gasteiger partial charge < -0.3 is 30.3 Å². The molecule has 0 spiro atoms. The summed E-state index contributed by atoms with van der Waals surface area (Å²) in [7, 11) is 0. The number of aliphatic hydroxyl groups is 2. The minimum atomic E-state index is -0.509. The highest BCUT2D eigenvalue weighted by molar-refractivity contribution is 5.32. The van der Waals surface area contributed by atoms with Crippen molar-refractivity contribution in [3.8, 4) is 11.5 Å². The molecule has 0 bridgehead atoms. The molecule has 24 heavy (non-hydrogen) atoms. The fraction of sp³-hybridized carbons (Fsp3) is 0.667. The van der Waals surface area contributed by atoms with E-state index >= 15 is 0 Å². The van der Waals surface area contributed by atoms with Crippen LogP contribution in [0.15, 0.2) is 24.3 Å². The predicted molar refractivity (Wildman–Crippen MR) is 93.3 cm³/mol. The Labute approximate surface area is 145 Å². The molecule has 6 heteroatoms. The zero-order chi connectivity index (χ0) is 17.9. The maximum absolute atomic E-state index is 9.88. The summed E-state index contributed by atoms with van der Waals surface area (Å²) >= 11 is 0. The Morgan fingerprint density at radius 3 is 1.62 bits per heavy atom. The monoisotopic (exact) mass is 342 g/mol. The number of quaternary nitrogens is 2. The van der Waals surface area contributed by atoms with Crippen LogP contribution in [0.5, 0.6) is 11.5 Å². The van der Waals surface area contributed by atoms with Crippen LogP contribution >= 0.6 is 0 Å². The molecule has 0 aliphatic heterocycles. The van der Waals surface area contributed by atoms with Gasteiger partial charge in [0.25, 0.3) is 0 Å². The van der Waals surface area contributed by atoms with Crippen LogP contribution in [0.3, 0.4) is 0 Å². The van der Waals surface area contributed by atoms with Crippen LogP contribution in [0.1, 0.15) is 27.7 Å². The van der Waals surface area contributed by atoms with Gasteiger partial charge in [0.2, 0.25) is 0 Å². The lowest BCUT2D eigenvalue weighted by atomic mass is 10.3. The maximum atomic E-state index is 9.88. The van der Waals surface area contributed by atoms with Crippen LogP contribution in [0.25, 0.3) is 0 Å². The number of aliphatic hydroxyl groups excluding tert-OH is 2. The van der Waals surface area contributed by atoms with E-state index in [1.165, 1.54) is 0 Å². The zero-order valence-electron chi connectivity index (χ0n) is 15.3. The second kappa shape index (κ2) is 11.3. The second-order valence-corrected chi connectivity index (χ2v) is 6.84. The number of ether oxygens (including phenoxy) is 2. The molecule has 0 saturated heterocycles. The number of nitrogens with two attached hydrogens (primary N) is 2. The quantitative estimate of drug-likeness (QED) is 0.397. The van der Waals surface area contributed by atoms with Gasteiger partial charge in [-0.1, -0.05) is 6.07 Å². The van der Waals surface area contributed by atoms with E-state index in [1.807, 2.05) is 18.2 Å². The Bertz CT molecular complexity index is 417. The van der Waals surface area contributed by atoms with Crippen LogP contribution in [0.4, 0.5) is 0 Å². The third kappa shape index (κ3) is 9.72. The highest BCUT2D eigenvalue weighted by atomic mass is 16.5. The van der Waals surface area contributed by atoms with E-state index < -0.39 is 12.2 Å². The number of hydrogen-bond donors (Lipinski definition) is 4. The normalized spacial score (nSPS) is 14.0. The van der Waals surface area contributed by atoms with Crippen molar-refractivity contribution in [1.29, 1.82) is 0 Å². The third-order valence-corrected chi connectivity index (χ3v) is 3.45. The van der Waals surface area contributed by atoms with E-state index in [4.69, 9.17) is 9.47 Å². The van der Waals surface area contributed by atoms with Crippen molar-refractivity contribution >= 4 is 0 Å². The molecular formula is C18H34N2O4+2. The van der Waals surface area contributed by atoms with Gasteiger partial charge in [-0.3, -0.25) is 0 Å². The lowest BCUT2D eigenvalue weighted by Crippen LogP contribution is -2.90. The van der Waals surface area contributed by atoms with Crippen molar-refractivity contribution in [1.82, 2.24) is 0 Å². The molecule has 0 aromatic heterocycles. The van der Waals surface area contributed by atoms with Crippen LogP contribution in [0.2, 0.25) is 0 Å². The smallest absolute Gasteiger partial charge is 0.137 e. The van der Waals surface area contributed by atoms with E-state index in [1.54, 1.807) is 6.07 Å². The molecule has 0 fully saturated rings. The summed E-state index contributed by atoms with van der Waals surface area (Å²) in [5.74, 6) is 1.30. The molecule has 1 aromatic rings. The minimum Gasteiger partial charge on any atom is -0.491 e. The fourth-order valence-corrected chi connectivity index (χ4v) is 2.03. The van der Waals surface area contributed by atoms with Crippen molar-refractivity contribution < 1.29 is 30.3 Å². The Morgan fingerprint density at radius 2 is 1.25 bits per heavy atom. The summed E-state index contributed by atoms with van der Waals surface area (Å²) in [6.45, 7) is 10.1. The van der Waals surface area contributed by atoms with Gasteiger partial charge >= 0.3 is 0 Å². The average Bonchev–Trinajstić information content (AvgIpc) is 2.54. The Hall–Kier alpha value is -1.34. The minimum absolute atomic E-state index is 0.249. The van der Waals surface area contributed by atoms with Crippen molar-refractivity contribution in [2.75, 3.05) is 26.3 Å². The molecule has 6 N–H and O–H groups in total. The Balaban J connectivity index is 2.35. The Kier molecular flexibility index (Phi) is 9.71. The molecule has 2 atom stereocenters. The largest absolute Gasteiger partial charge is 0.491 e. The molecule has 138 valence electrons. The molecule has 0 aliphatic carbocycles. The average molecular weight is 342 g/mol. The predicted octanol–water partition coefficient (Wildman–Crippen LogP) is -0.890. The van der Waals surface area contributed by atoms with Crippen molar-refractivity contribution in [3.05, 3.63) is 24.3 Å². The van der Waals surface area contributed by atoms with Crippen LogP contribution in [-0.4, -0.2) is 60.8 Å². The molecule has 0 saturated carbocycles. The third-order valence-electron chi connectivity index (χ3n) is 3.45. The SMILES string of the molecule is CC(C)[NH2+]C[C@H](O)COc1cccc(OC[C@@H](O)C[NH2+]C(C)C)c1. The Morgan fingerprint density at radius 1 is 0.833 bits per heavy atom.